The van der Waals surface area contributed by atoms with Crippen molar-refractivity contribution < 1.29 is 18.0 Å². The second-order valence-corrected chi connectivity index (χ2v) is 7.77. The first kappa shape index (κ1) is 19.7. The van der Waals surface area contributed by atoms with Gasteiger partial charge in [0.2, 0.25) is 5.91 Å². The first-order valence-corrected chi connectivity index (χ1v) is 9.70. The van der Waals surface area contributed by atoms with Crippen LogP contribution in [0.1, 0.15) is 30.7 Å². The molecule has 27 heavy (non-hydrogen) atoms. The highest BCUT2D eigenvalue weighted by Crippen LogP contribution is 2.40. The molecular formula is C19H20F3N3OS. The van der Waals surface area contributed by atoms with E-state index in [1.807, 2.05) is 26.0 Å². The summed E-state index contributed by atoms with van der Waals surface area (Å²) in [5.41, 5.74) is 1.24. The number of nitrogens with zero attached hydrogens (tertiary/aromatic N) is 2. The van der Waals surface area contributed by atoms with Crippen molar-refractivity contribution in [1.82, 2.24) is 15.3 Å². The molecule has 0 aliphatic heterocycles. The highest BCUT2D eigenvalue weighted by Gasteiger charge is 2.38. The average Bonchev–Trinajstić information content (AvgIpc) is 2.63. The molecule has 144 valence electrons. The zero-order valence-electron chi connectivity index (χ0n) is 15.1. The van der Waals surface area contributed by atoms with Crippen molar-refractivity contribution in [2.75, 3.05) is 12.3 Å². The predicted octanol–water partition coefficient (Wildman–Crippen LogP) is 4.13. The van der Waals surface area contributed by atoms with Gasteiger partial charge in [-0.3, -0.25) is 4.79 Å². The summed E-state index contributed by atoms with van der Waals surface area (Å²) in [4.78, 5) is 20.0. The van der Waals surface area contributed by atoms with Crippen molar-refractivity contribution in [2.45, 2.75) is 38.0 Å². The summed E-state index contributed by atoms with van der Waals surface area (Å²) in [5.74, 6) is 0.0287. The SMILES string of the molecule is CC(C)CNC(=O)CSc1nc2c(c(C(F)(F)F)n1)CCc1ccccc1-2. The molecule has 1 aromatic carbocycles. The molecule has 0 radical (unpaired) electrons. The van der Waals surface area contributed by atoms with Crippen LogP contribution in [0, 0.1) is 5.92 Å². The van der Waals surface area contributed by atoms with E-state index >= 15 is 0 Å². The van der Waals surface area contributed by atoms with Crippen molar-refractivity contribution in [3.63, 3.8) is 0 Å². The Labute approximate surface area is 160 Å². The van der Waals surface area contributed by atoms with Crippen LogP contribution in [0.25, 0.3) is 11.3 Å². The number of aromatic nitrogens is 2. The summed E-state index contributed by atoms with van der Waals surface area (Å²) in [7, 11) is 0. The van der Waals surface area contributed by atoms with Gasteiger partial charge >= 0.3 is 6.18 Å². The molecule has 2 aromatic rings. The number of carbonyl (C=O) groups is 1. The van der Waals surface area contributed by atoms with Crippen molar-refractivity contribution in [2.24, 2.45) is 5.92 Å². The maximum atomic E-state index is 13.6. The van der Waals surface area contributed by atoms with Crippen LogP contribution in [-0.4, -0.2) is 28.2 Å². The van der Waals surface area contributed by atoms with Crippen LogP contribution in [0.4, 0.5) is 13.2 Å². The highest BCUT2D eigenvalue weighted by molar-refractivity contribution is 7.99. The molecule has 0 unspecified atom stereocenters. The van der Waals surface area contributed by atoms with Crippen LogP contribution in [0.15, 0.2) is 29.4 Å². The van der Waals surface area contributed by atoms with E-state index in [9.17, 15) is 18.0 Å². The fraction of sp³-hybridized carbons (Fsp3) is 0.421. The number of carbonyl (C=O) groups excluding carboxylic acids is 1. The quantitative estimate of drug-likeness (QED) is 0.611. The first-order chi connectivity index (χ1) is 12.8. The van der Waals surface area contributed by atoms with Gasteiger partial charge in [0, 0.05) is 17.7 Å². The number of aryl methyl sites for hydroxylation is 1. The fourth-order valence-electron chi connectivity index (χ4n) is 2.95. The number of hydrogen-bond acceptors (Lipinski definition) is 4. The molecule has 0 saturated carbocycles. The fourth-order valence-corrected chi connectivity index (χ4v) is 3.62. The molecule has 0 saturated heterocycles. The number of halogens is 3. The molecule has 0 fully saturated rings. The van der Waals surface area contributed by atoms with Crippen LogP contribution in [0.3, 0.4) is 0 Å². The molecule has 0 atom stereocenters. The van der Waals surface area contributed by atoms with Gasteiger partial charge in [0.25, 0.3) is 0 Å². The monoisotopic (exact) mass is 395 g/mol. The number of fused-ring (bicyclic) bond motifs is 3. The Kier molecular flexibility index (Phi) is 5.74. The van der Waals surface area contributed by atoms with Gasteiger partial charge in [-0.15, -0.1) is 0 Å². The number of thioether (sulfide) groups is 1. The maximum absolute atomic E-state index is 13.6. The molecule has 4 nitrogen and oxygen atoms in total. The van der Waals surface area contributed by atoms with Crippen molar-refractivity contribution in [3.05, 3.63) is 41.1 Å². The Morgan fingerprint density at radius 3 is 2.67 bits per heavy atom. The summed E-state index contributed by atoms with van der Waals surface area (Å²) in [6.45, 7) is 4.45. The molecule has 1 aliphatic rings. The normalized spacial score (nSPS) is 13.3. The van der Waals surface area contributed by atoms with E-state index in [1.165, 1.54) is 0 Å². The van der Waals surface area contributed by atoms with Gasteiger partial charge in [-0.25, -0.2) is 9.97 Å². The molecule has 0 bridgehead atoms. The zero-order valence-corrected chi connectivity index (χ0v) is 15.9. The Hall–Kier alpha value is -2.09. The standard InChI is InChI=1S/C19H20F3N3OS/c1-11(2)9-23-15(26)10-27-18-24-16-13-6-4-3-5-12(13)7-8-14(16)17(25-18)19(20,21)22/h3-6,11H,7-10H2,1-2H3,(H,23,26). The lowest BCUT2D eigenvalue weighted by Crippen LogP contribution is -2.29. The minimum atomic E-state index is -4.56. The summed E-state index contributed by atoms with van der Waals surface area (Å²) in [6.07, 6.45) is -3.78. The molecular weight excluding hydrogens is 375 g/mol. The second kappa shape index (κ2) is 7.88. The van der Waals surface area contributed by atoms with E-state index in [2.05, 4.69) is 15.3 Å². The zero-order chi connectivity index (χ0) is 19.6. The predicted molar refractivity (Wildman–Crippen MR) is 98.4 cm³/mol. The van der Waals surface area contributed by atoms with Gasteiger partial charge in [-0.05, 0) is 24.3 Å². The molecule has 1 N–H and O–H groups in total. The summed E-state index contributed by atoms with van der Waals surface area (Å²) in [5, 5.41) is 2.71. The van der Waals surface area contributed by atoms with E-state index in [0.29, 0.717) is 30.1 Å². The average molecular weight is 395 g/mol. The molecule has 1 amide bonds. The molecule has 1 heterocycles. The Bertz CT molecular complexity index is 853. The number of amides is 1. The highest BCUT2D eigenvalue weighted by atomic mass is 32.2. The van der Waals surface area contributed by atoms with Crippen LogP contribution in [-0.2, 0) is 23.8 Å². The third kappa shape index (κ3) is 4.61. The van der Waals surface area contributed by atoms with Crippen molar-refractivity contribution >= 4 is 17.7 Å². The van der Waals surface area contributed by atoms with Crippen molar-refractivity contribution in [3.8, 4) is 11.3 Å². The maximum Gasteiger partial charge on any atom is 0.433 e. The number of rotatable bonds is 5. The third-order valence-corrected chi connectivity index (χ3v) is 5.06. The Morgan fingerprint density at radius 1 is 1.22 bits per heavy atom. The van der Waals surface area contributed by atoms with E-state index in [0.717, 1.165) is 17.3 Å². The lowest BCUT2D eigenvalue weighted by molar-refractivity contribution is -0.142. The summed E-state index contributed by atoms with van der Waals surface area (Å²) in [6, 6.07) is 7.34. The number of benzene rings is 1. The van der Waals surface area contributed by atoms with Gasteiger partial charge in [-0.1, -0.05) is 49.9 Å². The van der Waals surface area contributed by atoms with Crippen LogP contribution < -0.4 is 5.32 Å². The molecule has 0 spiro atoms. The van der Waals surface area contributed by atoms with Gasteiger partial charge in [-0.2, -0.15) is 13.2 Å². The topological polar surface area (TPSA) is 54.9 Å². The van der Waals surface area contributed by atoms with Crippen LogP contribution in [0.5, 0.6) is 0 Å². The Balaban J connectivity index is 1.92. The minimum absolute atomic E-state index is 0.0234. The van der Waals surface area contributed by atoms with Gasteiger partial charge in [0.05, 0.1) is 11.4 Å². The van der Waals surface area contributed by atoms with Crippen LogP contribution in [0.2, 0.25) is 0 Å². The number of alkyl halides is 3. The summed E-state index contributed by atoms with van der Waals surface area (Å²) < 4.78 is 40.7. The lowest BCUT2D eigenvalue weighted by atomic mass is 9.88. The van der Waals surface area contributed by atoms with Gasteiger partial charge in [0.1, 0.15) is 0 Å². The van der Waals surface area contributed by atoms with Crippen molar-refractivity contribution in [1.29, 1.82) is 0 Å². The Morgan fingerprint density at radius 2 is 1.96 bits per heavy atom. The number of hydrogen-bond donors (Lipinski definition) is 1. The lowest BCUT2D eigenvalue weighted by Gasteiger charge is -2.22. The van der Waals surface area contributed by atoms with E-state index in [4.69, 9.17) is 0 Å². The van der Waals surface area contributed by atoms with Gasteiger partial charge in [0.15, 0.2) is 10.9 Å². The second-order valence-electron chi connectivity index (χ2n) is 6.82. The van der Waals surface area contributed by atoms with E-state index in [1.54, 1.807) is 12.1 Å². The van der Waals surface area contributed by atoms with Crippen LogP contribution >= 0.6 is 11.8 Å². The smallest absolute Gasteiger partial charge is 0.355 e. The third-order valence-electron chi connectivity index (χ3n) is 4.21. The first-order valence-electron chi connectivity index (χ1n) is 8.71. The largest absolute Gasteiger partial charge is 0.433 e. The number of nitrogens with one attached hydrogen (secondary N) is 1. The molecule has 1 aliphatic carbocycles. The van der Waals surface area contributed by atoms with E-state index in [-0.39, 0.29) is 28.8 Å². The van der Waals surface area contributed by atoms with Gasteiger partial charge < -0.3 is 5.32 Å². The van der Waals surface area contributed by atoms with E-state index < -0.39 is 11.9 Å². The molecule has 1 aromatic heterocycles. The summed E-state index contributed by atoms with van der Waals surface area (Å²) >= 11 is 0.924. The molecule has 8 heteroatoms. The molecule has 3 rings (SSSR count). The minimum Gasteiger partial charge on any atom is -0.355 e.